The standard InChI is InChI=1S/C15H11Br2NO2S/c16-10-7-11(21-14(10)17)9-6-12(19)18-15(20)13(9)8-4-2-1-3-5-8/h1-5,7,9,13H,6H2,(H,18,19,20). The van der Waals surface area contributed by atoms with Gasteiger partial charge in [-0.25, -0.2) is 0 Å². The summed E-state index contributed by atoms with van der Waals surface area (Å²) < 4.78 is 1.93. The summed E-state index contributed by atoms with van der Waals surface area (Å²) in [5.74, 6) is -0.886. The van der Waals surface area contributed by atoms with Crippen molar-refractivity contribution in [3.05, 3.63) is 55.1 Å². The fourth-order valence-electron chi connectivity index (χ4n) is 2.62. The van der Waals surface area contributed by atoms with Crippen molar-refractivity contribution in [2.24, 2.45) is 0 Å². The Hall–Kier alpha value is -0.980. The Labute approximate surface area is 143 Å². The first-order valence-corrected chi connectivity index (χ1v) is 8.80. The third kappa shape index (κ3) is 2.98. The molecular weight excluding hydrogens is 418 g/mol. The van der Waals surface area contributed by atoms with Crippen LogP contribution in [0.3, 0.4) is 0 Å². The van der Waals surface area contributed by atoms with Gasteiger partial charge >= 0.3 is 0 Å². The van der Waals surface area contributed by atoms with Crippen LogP contribution in [0.1, 0.15) is 28.7 Å². The average molecular weight is 429 g/mol. The molecule has 3 nitrogen and oxygen atoms in total. The third-order valence-electron chi connectivity index (χ3n) is 3.54. The van der Waals surface area contributed by atoms with Crippen LogP contribution in [0.2, 0.25) is 0 Å². The summed E-state index contributed by atoms with van der Waals surface area (Å²) in [7, 11) is 0. The van der Waals surface area contributed by atoms with Crippen molar-refractivity contribution in [1.82, 2.24) is 5.32 Å². The summed E-state index contributed by atoms with van der Waals surface area (Å²) in [6.07, 6.45) is 0.324. The van der Waals surface area contributed by atoms with Crippen molar-refractivity contribution in [2.75, 3.05) is 0 Å². The van der Waals surface area contributed by atoms with Gasteiger partial charge in [0, 0.05) is 21.7 Å². The second kappa shape index (κ2) is 6.02. The monoisotopic (exact) mass is 427 g/mol. The van der Waals surface area contributed by atoms with E-state index in [1.807, 2.05) is 36.4 Å². The van der Waals surface area contributed by atoms with E-state index in [1.165, 1.54) is 0 Å². The predicted molar refractivity (Wildman–Crippen MR) is 89.4 cm³/mol. The van der Waals surface area contributed by atoms with Crippen LogP contribution in [-0.4, -0.2) is 11.8 Å². The van der Waals surface area contributed by atoms with Crippen molar-refractivity contribution in [1.29, 1.82) is 0 Å². The summed E-state index contributed by atoms with van der Waals surface area (Å²) in [6.45, 7) is 0. The Balaban J connectivity index is 2.05. The quantitative estimate of drug-likeness (QED) is 0.729. The molecule has 1 aromatic carbocycles. The van der Waals surface area contributed by atoms with Gasteiger partial charge in [0.15, 0.2) is 0 Å². The van der Waals surface area contributed by atoms with Crippen LogP contribution < -0.4 is 5.32 Å². The minimum absolute atomic E-state index is 0.124. The highest BCUT2D eigenvalue weighted by Crippen LogP contribution is 2.44. The fraction of sp³-hybridized carbons (Fsp3) is 0.200. The van der Waals surface area contributed by atoms with Crippen LogP contribution in [0.25, 0.3) is 0 Å². The maximum absolute atomic E-state index is 12.3. The van der Waals surface area contributed by atoms with Gasteiger partial charge in [-0.3, -0.25) is 14.9 Å². The highest BCUT2D eigenvalue weighted by atomic mass is 79.9. The molecule has 1 fully saturated rings. The van der Waals surface area contributed by atoms with Crippen LogP contribution in [0.15, 0.2) is 44.7 Å². The Morgan fingerprint density at radius 3 is 2.48 bits per heavy atom. The highest BCUT2D eigenvalue weighted by molar-refractivity contribution is 9.13. The maximum Gasteiger partial charge on any atom is 0.234 e. The first kappa shape index (κ1) is 14.9. The van der Waals surface area contributed by atoms with E-state index in [1.54, 1.807) is 11.3 Å². The molecule has 3 rings (SSSR count). The number of carbonyl (C=O) groups excluding carboxylic acids is 2. The molecule has 2 amide bonds. The molecular formula is C15H11Br2NO2S. The molecule has 2 atom stereocenters. The van der Waals surface area contributed by atoms with E-state index in [0.29, 0.717) is 6.42 Å². The normalized spacial score (nSPS) is 22.2. The zero-order chi connectivity index (χ0) is 15.0. The number of carbonyl (C=O) groups is 2. The van der Waals surface area contributed by atoms with E-state index in [0.717, 1.165) is 18.7 Å². The van der Waals surface area contributed by atoms with Crippen molar-refractivity contribution in [2.45, 2.75) is 18.3 Å². The Morgan fingerprint density at radius 1 is 1.14 bits per heavy atom. The van der Waals surface area contributed by atoms with Crippen LogP contribution in [0, 0.1) is 0 Å². The summed E-state index contributed by atoms with van der Waals surface area (Å²) in [4.78, 5) is 25.1. The molecule has 108 valence electrons. The minimum Gasteiger partial charge on any atom is -0.296 e. The van der Waals surface area contributed by atoms with Gasteiger partial charge in [0.2, 0.25) is 11.8 Å². The molecule has 0 radical (unpaired) electrons. The molecule has 0 spiro atoms. The van der Waals surface area contributed by atoms with Gasteiger partial charge in [-0.05, 0) is 43.5 Å². The third-order valence-corrected chi connectivity index (χ3v) is 6.93. The number of benzene rings is 1. The molecule has 1 saturated heterocycles. The number of imide groups is 1. The number of halogens is 2. The summed E-state index contributed by atoms with van der Waals surface area (Å²) in [5.41, 5.74) is 0.938. The van der Waals surface area contributed by atoms with Crippen LogP contribution in [-0.2, 0) is 9.59 Å². The molecule has 1 aliphatic heterocycles. The van der Waals surface area contributed by atoms with Crippen LogP contribution >= 0.6 is 43.2 Å². The lowest BCUT2D eigenvalue weighted by molar-refractivity contribution is -0.135. The smallest absolute Gasteiger partial charge is 0.234 e. The Kier molecular flexibility index (Phi) is 4.28. The number of nitrogens with one attached hydrogen (secondary N) is 1. The topological polar surface area (TPSA) is 46.2 Å². The minimum atomic E-state index is -0.332. The van der Waals surface area contributed by atoms with Crippen molar-refractivity contribution < 1.29 is 9.59 Å². The first-order valence-electron chi connectivity index (χ1n) is 6.39. The van der Waals surface area contributed by atoms with Gasteiger partial charge in [0.05, 0.1) is 9.70 Å². The van der Waals surface area contributed by atoms with Gasteiger partial charge in [-0.15, -0.1) is 11.3 Å². The molecule has 6 heteroatoms. The lowest BCUT2D eigenvalue weighted by atomic mass is 9.80. The van der Waals surface area contributed by atoms with Crippen LogP contribution in [0.5, 0.6) is 0 Å². The van der Waals surface area contributed by atoms with E-state index in [-0.39, 0.29) is 23.7 Å². The number of amides is 2. The van der Waals surface area contributed by atoms with Gasteiger partial charge < -0.3 is 0 Å². The van der Waals surface area contributed by atoms with E-state index in [4.69, 9.17) is 0 Å². The molecule has 1 aliphatic rings. The van der Waals surface area contributed by atoms with Gasteiger partial charge in [-0.1, -0.05) is 30.3 Å². The van der Waals surface area contributed by atoms with Crippen molar-refractivity contribution in [3.63, 3.8) is 0 Å². The zero-order valence-electron chi connectivity index (χ0n) is 10.8. The van der Waals surface area contributed by atoms with Crippen LogP contribution in [0.4, 0.5) is 0 Å². The second-order valence-corrected chi connectivity index (χ2v) is 8.14. The van der Waals surface area contributed by atoms with E-state index < -0.39 is 0 Å². The predicted octanol–water partition coefficient (Wildman–Crippen LogP) is 4.19. The molecule has 2 heterocycles. The summed E-state index contributed by atoms with van der Waals surface area (Å²) in [6, 6.07) is 11.6. The van der Waals surface area contributed by atoms with E-state index in [2.05, 4.69) is 37.2 Å². The molecule has 0 bridgehead atoms. The number of hydrogen-bond acceptors (Lipinski definition) is 3. The fourth-order valence-corrected chi connectivity index (χ4v) is 4.85. The maximum atomic E-state index is 12.3. The second-order valence-electron chi connectivity index (χ2n) is 4.88. The lowest BCUT2D eigenvalue weighted by Crippen LogP contribution is -2.43. The largest absolute Gasteiger partial charge is 0.296 e. The molecule has 2 unspecified atom stereocenters. The SMILES string of the molecule is O=C1CC(c2cc(Br)c(Br)s2)C(c2ccccc2)C(=O)N1. The summed E-state index contributed by atoms with van der Waals surface area (Å²) in [5, 5.41) is 2.45. The highest BCUT2D eigenvalue weighted by Gasteiger charge is 2.38. The number of rotatable bonds is 2. The van der Waals surface area contributed by atoms with Gasteiger partial charge in [0.1, 0.15) is 0 Å². The molecule has 2 aromatic rings. The van der Waals surface area contributed by atoms with Crippen molar-refractivity contribution in [3.8, 4) is 0 Å². The first-order chi connectivity index (χ1) is 10.1. The molecule has 0 aliphatic carbocycles. The molecule has 1 aromatic heterocycles. The number of thiophene rings is 1. The number of piperidine rings is 1. The Bertz CT molecular complexity index is 679. The molecule has 21 heavy (non-hydrogen) atoms. The average Bonchev–Trinajstić information content (AvgIpc) is 2.79. The zero-order valence-corrected chi connectivity index (χ0v) is 14.8. The van der Waals surface area contributed by atoms with Gasteiger partial charge in [0.25, 0.3) is 0 Å². The van der Waals surface area contributed by atoms with Crippen molar-refractivity contribution >= 4 is 55.0 Å². The van der Waals surface area contributed by atoms with E-state index in [9.17, 15) is 9.59 Å². The Morgan fingerprint density at radius 2 is 1.86 bits per heavy atom. The lowest BCUT2D eigenvalue weighted by Gasteiger charge is -2.29. The molecule has 1 N–H and O–H groups in total. The van der Waals surface area contributed by atoms with Gasteiger partial charge in [-0.2, -0.15) is 0 Å². The summed E-state index contributed by atoms with van der Waals surface area (Å²) >= 11 is 8.50. The molecule has 0 saturated carbocycles. The number of hydrogen-bond donors (Lipinski definition) is 1. The van der Waals surface area contributed by atoms with E-state index >= 15 is 0 Å².